The van der Waals surface area contributed by atoms with Crippen molar-refractivity contribution in [3.8, 4) is 23.0 Å². The number of amides is 4. The van der Waals surface area contributed by atoms with E-state index in [2.05, 4.69) is 21.2 Å². The summed E-state index contributed by atoms with van der Waals surface area (Å²) in [6.07, 6.45) is 2.25. The molecular weight excluding hydrogens is 640 g/mol. The summed E-state index contributed by atoms with van der Waals surface area (Å²) in [7, 11) is 0. The summed E-state index contributed by atoms with van der Waals surface area (Å²) in [4.78, 5) is 40.0. The number of nitrogens with zero attached hydrogens (tertiary/aromatic N) is 1. The normalized spacial score (nSPS) is 14.1. The van der Waals surface area contributed by atoms with Crippen LogP contribution in [0, 0.1) is 0 Å². The first-order valence-corrected chi connectivity index (χ1v) is 15.0. The van der Waals surface area contributed by atoms with Crippen molar-refractivity contribution in [1.82, 2.24) is 10.2 Å². The van der Waals surface area contributed by atoms with Crippen LogP contribution in [0.4, 0.5) is 4.79 Å². The van der Waals surface area contributed by atoms with Crippen molar-refractivity contribution >= 4 is 51.5 Å². The number of hydrogen-bond acceptors (Lipinski definition) is 7. The molecule has 3 aromatic carbocycles. The first kappa shape index (κ1) is 31.9. The van der Waals surface area contributed by atoms with Crippen molar-refractivity contribution in [3.63, 3.8) is 0 Å². The molecule has 43 heavy (non-hydrogen) atoms. The van der Waals surface area contributed by atoms with E-state index in [0.717, 1.165) is 16.9 Å². The average Bonchev–Trinajstić information content (AvgIpc) is 2.98. The second-order valence-corrected chi connectivity index (χ2v) is 10.7. The maximum atomic E-state index is 13.5. The molecule has 0 aliphatic carbocycles. The van der Waals surface area contributed by atoms with E-state index in [1.807, 2.05) is 39.0 Å². The quantitative estimate of drug-likeness (QED) is 0.155. The van der Waals surface area contributed by atoms with E-state index in [-0.39, 0.29) is 18.7 Å². The fourth-order valence-electron chi connectivity index (χ4n) is 4.28. The van der Waals surface area contributed by atoms with Crippen molar-refractivity contribution < 1.29 is 33.3 Å². The monoisotopic (exact) mass is 670 g/mol. The number of ether oxygens (including phenoxy) is 4. The van der Waals surface area contributed by atoms with E-state index >= 15 is 0 Å². The number of urea groups is 1. The lowest BCUT2D eigenvalue weighted by atomic mass is 10.1. The molecule has 1 aliphatic heterocycles. The summed E-state index contributed by atoms with van der Waals surface area (Å²) in [5.74, 6) is 0.407. The highest BCUT2D eigenvalue weighted by Crippen LogP contribution is 2.39. The number of hydrogen-bond donors (Lipinski definition) is 1. The Morgan fingerprint density at radius 1 is 0.884 bits per heavy atom. The van der Waals surface area contributed by atoms with Gasteiger partial charge >= 0.3 is 6.03 Å². The topological polar surface area (TPSA) is 103 Å². The molecule has 0 saturated carbocycles. The molecule has 1 aliphatic rings. The number of carbonyl (C=O) groups excluding carboxylic acids is 3. The van der Waals surface area contributed by atoms with Crippen molar-refractivity contribution in [2.75, 3.05) is 19.8 Å². The third kappa shape index (κ3) is 7.88. The smallest absolute Gasteiger partial charge is 0.331 e. The number of benzene rings is 3. The van der Waals surface area contributed by atoms with Crippen molar-refractivity contribution in [2.45, 2.75) is 40.3 Å². The maximum absolute atomic E-state index is 13.5. The summed E-state index contributed by atoms with van der Waals surface area (Å²) in [5, 5.41) is 2.84. The molecule has 3 aromatic rings. The molecule has 0 bridgehead atoms. The summed E-state index contributed by atoms with van der Waals surface area (Å²) in [5.41, 5.74) is 1.72. The van der Waals surface area contributed by atoms with E-state index < -0.39 is 17.8 Å². The van der Waals surface area contributed by atoms with Gasteiger partial charge in [0.15, 0.2) is 23.0 Å². The van der Waals surface area contributed by atoms with Gasteiger partial charge in [-0.3, -0.25) is 19.8 Å². The summed E-state index contributed by atoms with van der Waals surface area (Å²) < 4.78 is 23.8. The molecule has 4 rings (SSSR count). The van der Waals surface area contributed by atoms with Crippen LogP contribution in [0.3, 0.4) is 0 Å². The molecule has 4 amide bonds. The van der Waals surface area contributed by atoms with Gasteiger partial charge in [-0.25, -0.2) is 4.79 Å². The van der Waals surface area contributed by atoms with Crippen LogP contribution in [-0.4, -0.2) is 42.6 Å². The Hall–Kier alpha value is -4.02. The van der Waals surface area contributed by atoms with Crippen molar-refractivity contribution in [1.29, 1.82) is 0 Å². The lowest BCUT2D eigenvalue weighted by molar-refractivity contribution is -0.130. The molecular formula is C32H32BrClN2O7. The highest BCUT2D eigenvalue weighted by Gasteiger charge is 2.36. The zero-order valence-corrected chi connectivity index (χ0v) is 26.4. The van der Waals surface area contributed by atoms with Gasteiger partial charge in [0.2, 0.25) is 0 Å². The van der Waals surface area contributed by atoms with Gasteiger partial charge in [0, 0.05) is 10.6 Å². The van der Waals surface area contributed by atoms with Gasteiger partial charge < -0.3 is 18.9 Å². The Kier molecular flexibility index (Phi) is 11.1. The molecule has 0 radical (unpaired) electrons. The fraction of sp³-hybridized carbons (Fsp3) is 0.281. The maximum Gasteiger partial charge on any atom is 0.331 e. The Morgan fingerprint density at radius 3 is 2.35 bits per heavy atom. The number of rotatable bonds is 13. The predicted molar refractivity (Wildman–Crippen MR) is 167 cm³/mol. The molecule has 226 valence electrons. The second kappa shape index (κ2) is 14.9. The van der Waals surface area contributed by atoms with Gasteiger partial charge in [0.05, 0.1) is 30.8 Å². The molecule has 1 fully saturated rings. The highest BCUT2D eigenvalue weighted by molar-refractivity contribution is 9.10. The molecule has 1 heterocycles. The Morgan fingerprint density at radius 2 is 1.63 bits per heavy atom. The van der Waals surface area contributed by atoms with Crippen LogP contribution < -0.4 is 24.3 Å². The average molecular weight is 672 g/mol. The minimum absolute atomic E-state index is 0.0772. The lowest BCUT2D eigenvalue weighted by Crippen LogP contribution is -2.53. The fourth-order valence-corrected chi connectivity index (χ4v) is 5.04. The predicted octanol–water partition coefficient (Wildman–Crippen LogP) is 6.93. The summed E-state index contributed by atoms with van der Waals surface area (Å²) in [6, 6.07) is 15.1. The third-order valence-corrected chi connectivity index (χ3v) is 7.23. The molecule has 1 saturated heterocycles. The minimum atomic E-state index is -0.809. The minimum Gasteiger partial charge on any atom is -0.490 e. The van der Waals surface area contributed by atoms with Crippen LogP contribution in [0.25, 0.3) is 6.08 Å². The number of barbiturate groups is 1. The number of carbonyl (C=O) groups is 3. The first-order valence-electron chi connectivity index (χ1n) is 13.9. The molecule has 0 atom stereocenters. The van der Waals surface area contributed by atoms with Crippen LogP contribution in [0.1, 0.15) is 43.9 Å². The van der Waals surface area contributed by atoms with Crippen LogP contribution >= 0.6 is 27.5 Å². The third-order valence-electron chi connectivity index (χ3n) is 6.27. The van der Waals surface area contributed by atoms with Gasteiger partial charge in [-0.15, -0.1) is 0 Å². The van der Waals surface area contributed by atoms with Crippen LogP contribution in [0.2, 0.25) is 5.02 Å². The number of nitrogens with one attached hydrogen (secondary N) is 1. The molecule has 0 aromatic heterocycles. The Balaban J connectivity index is 1.59. The van der Waals surface area contributed by atoms with Gasteiger partial charge in [-0.1, -0.05) is 42.8 Å². The van der Waals surface area contributed by atoms with Gasteiger partial charge in [0.1, 0.15) is 12.2 Å². The lowest BCUT2D eigenvalue weighted by Gasteiger charge is -2.26. The van der Waals surface area contributed by atoms with E-state index in [1.165, 1.54) is 6.08 Å². The van der Waals surface area contributed by atoms with E-state index in [9.17, 15) is 14.4 Å². The van der Waals surface area contributed by atoms with E-state index in [0.29, 0.717) is 63.4 Å². The zero-order valence-electron chi connectivity index (χ0n) is 24.1. The number of halogens is 2. The van der Waals surface area contributed by atoms with Crippen LogP contribution in [-0.2, 0) is 22.7 Å². The standard InChI is InChI=1S/C32H32BrClN2O7/c1-4-13-42-26-12-11-20(16-27(26)40-5-2)18-36-31(38)23(30(37)35-32(36)39)14-21-15-24(33)29(28(17-21)41-6-3)43-19-22-9-7-8-10-25(22)34/h7-12,14-17H,4-6,13,18-19H2,1-3H3,(H,35,37,39)/b23-14+. The Labute approximate surface area is 263 Å². The first-order chi connectivity index (χ1) is 20.7. The summed E-state index contributed by atoms with van der Waals surface area (Å²) >= 11 is 9.79. The molecule has 11 heteroatoms. The molecule has 9 nitrogen and oxygen atoms in total. The largest absolute Gasteiger partial charge is 0.490 e. The number of imide groups is 2. The van der Waals surface area contributed by atoms with Crippen LogP contribution in [0.5, 0.6) is 23.0 Å². The second-order valence-electron chi connectivity index (χ2n) is 9.41. The molecule has 0 unspecified atom stereocenters. The molecule has 0 spiro atoms. The van der Waals surface area contributed by atoms with Gasteiger partial charge in [0.25, 0.3) is 11.8 Å². The SMILES string of the molecule is CCCOc1ccc(CN2C(=O)NC(=O)/C(=C\c3cc(Br)c(OCc4ccccc4Cl)c(OCC)c3)C2=O)cc1OCC. The Bertz CT molecular complexity index is 1540. The zero-order chi connectivity index (χ0) is 30.9. The van der Waals surface area contributed by atoms with Crippen molar-refractivity contribution in [2.24, 2.45) is 0 Å². The summed E-state index contributed by atoms with van der Waals surface area (Å²) in [6.45, 7) is 7.11. The van der Waals surface area contributed by atoms with Gasteiger partial charge in [-0.05, 0) is 83.7 Å². The van der Waals surface area contributed by atoms with E-state index in [1.54, 1.807) is 36.4 Å². The van der Waals surface area contributed by atoms with Crippen LogP contribution in [0.15, 0.2) is 64.6 Å². The molecule has 1 N–H and O–H groups in total. The highest BCUT2D eigenvalue weighted by atomic mass is 79.9. The van der Waals surface area contributed by atoms with Gasteiger partial charge in [-0.2, -0.15) is 0 Å². The van der Waals surface area contributed by atoms with Crippen molar-refractivity contribution in [3.05, 3.63) is 86.4 Å². The van der Waals surface area contributed by atoms with E-state index in [4.69, 9.17) is 30.5 Å².